The van der Waals surface area contributed by atoms with Crippen LogP contribution in [0, 0.1) is 11.8 Å². The fraction of sp³-hybridized carbons (Fsp3) is 0.941. The van der Waals surface area contributed by atoms with Crippen molar-refractivity contribution in [2.75, 3.05) is 19.6 Å². The standard InChI is InChI=1S/C17H32N2O2/c1-13(14-8-9-14)6-5-7-15-12-18-10-11-19(15)16(20)21-17(2,3)4/h13-15,18H,5-12H2,1-4H3. The van der Waals surface area contributed by atoms with E-state index in [1.807, 2.05) is 25.7 Å². The van der Waals surface area contributed by atoms with Crippen molar-refractivity contribution in [3.05, 3.63) is 0 Å². The highest BCUT2D eigenvalue weighted by Crippen LogP contribution is 2.39. The molecule has 2 rings (SSSR count). The Kier molecular flexibility index (Phi) is 5.53. The summed E-state index contributed by atoms with van der Waals surface area (Å²) < 4.78 is 5.54. The van der Waals surface area contributed by atoms with E-state index in [4.69, 9.17) is 4.74 Å². The minimum absolute atomic E-state index is 0.149. The van der Waals surface area contributed by atoms with Crippen LogP contribution in [0.15, 0.2) is 0 Å². The van der Waals surface area contributed by atoms with Gasteiger partial charge in [0.15, 0.2) is 0 Å². The zero-order valence-electron chi connectivity index (χ0n) is 14.2. The first-order chi connectivity index (χ1) is 9.87. The molecule has 4 heteroatoms. The normalized spacial score (nSPS) is 24.8. The zero-order valence-corrected chi connectivity index (χ0v) is 14.2. The highest BCUT2D eigenvalue weighted by atomic mass is 16.6. The molecule has 21 heavy (non-hydrogen) atoms. The molecule has 0 aromatic carbocycles. The van der Waals surface area contributed by atoms with E-state index in [0.29, 0.717) is 6.04 Å². The Morgan fingerprint density at radius 3 is 2.71 bits per heavy atom. The van der Waals surface area contributed by atoms with Gasteiger partial charge in [0, 0.05) is 25.7 Å². The maximum absolute atomic E-state index is 12.3. The molecule has 2 fully saturated rings. The number of ether oxygens (including phenoxy) is 1. The summed E-state index contributed by atoms with van der Waals surface area (Å²) in [7, 11) is 0. The second-order valence-corrected chi connectivity index (χ2v) is 7.78. The summed E-state index contributed by atoms with van der Waals surface area (Å²) >= 11 is 0. The number of nitrogens with one attached hydrogen (secondary N) is 1. The topological polar surface area (TPSA) is 41.6 Å². The minimum atomic E-state index is -0.410. The molecule has 1 amide bonds. The Bertz CT molecular complexity index is 347. The van der Waals surface area contributed by atoms with Crippen LogP contribution in [-0.4, -0.2) is 42.3 Å². The van der Waals surface area contributed by atoms with E-state index in [0.717, 1.165) is 37.9 Å². The van der Waals surface area contributed by atoms with Gasteiger partial charge in [-0.25, -0.2) is 4.79 Å². The summed E-state index contributed by atoms with van der Waals surface area (Å²) in [5, 5.41) is 3.41. The van der Waals surface area contributed by atoms with E-state index < -0.39 is 5.60 Å². The first kappa shape index (κ1) is 16.6. The average molecular weight is 296 g/mol. The molecule has 2 unspecified atom stereocenters. The van der Waals surface area contributed by atoms with Gasteiger partial charge in [-0.1, -0.05) is 19.8 Å². The third kappa shape index (κ3) is 5.50. The molecule has 2 aliphatic rings. The third-order valence-electron chi connectivity index (χ3n) is 4.60. The maximum atomic E-state index is 12.3. The number of nitrogens with zero attached hydrogens (tertiary/aromatic N) is 1. The quantitative estimate of drug-likeness (QED) is 0.845. The molecule has 0 aromatic rings. The molecular formula is C17H32N2O2. The third-order valence-corrected chi connectivity index (χ3v) is 4.60. The molecule has 1 N–H and O–H groups in total. The number of rotatable bonds is 5. The van der Waals surface area contributed by atoms with Crippen molar-refractivity contribution in [3.8, 4) is 0 Å². The van der Waals surface area contributed by atoms with E-state index in [1.165, 1.54) is 25.7 Å². The lowest BCUT2D eigenvalue weighted by Gasteiger charge is -2.37. The molecule has 1 aliphatic carbocycles. The molecule has 1 saturated carbocycles. The van der Waals surface area contributed by atoms with Gasteiger partial charge in [0.1, 0.15) is 5.60 Å². The van der Waals surface area contributed by atoms with Gasteiger partial charge >= 0.3 is 6.09 Å². The van der Waals surface area contributed by atoms with Gasteiger partial charge in [0.2, 0.25) is 0 Å². The van der Waals surface area contributed by atoms with Crippen LogP contribution in [-0.2, 0) is 4.74 Å². The van der Waals surface area contributed by atoms with Gasteiger partial charge in [-0.3, -0.25) is 0 Å². The second-order valence-electron chi connectivity index (χ2n) is 7.78. The van der Waals surface area contributed by atoms with Crippen LogP contribution in [0.1, 0.15) is 59.8 Å². The lowest BCUT2D eigenvalue weighted by Crippen LogP contribution is -2.54. The minimum Gasteiger partial charge on any atom is -0.444 e. The first-order valence-electron chi connectivity index (χ1n) is 8.57. The zero-order chi connectivity index (χ0) is 15.5. The first-order valence-corrected chi connectivity index (χ1v) is 8.57. The Labute approximate surface area is 129 Å². The highest BCUT2D eigenvalue weighted by Gasteiger charge is 2.31. The van der Waals surface area contributed by atoms with Crippen LogP contribution < -0.4 is 5.32 Å². The van der Waals surface area contributed by atoms with E-state index >= 15 is 0 Å². The van der Waals surface area contributed by atoms with Crippen molar-refractivity contribution in [2.24, 2.45) is 11.8 Å². The van der Waals surface area contributed by atoms with E-state index in [1.54, 1.807) is 0 Å². The van der Waals surface area contributed by atoms with Crippen LogP contribution in [0.4, 0.5) is 4.79 Å². The van der Waals surface area contributed by atoms with E-state index in [9.17, 15) is 4.79 Å². The van der Waals surface area contributed by atoms with Gasteiger partial charge in [0.05, 0.1) is 0 Å². The largest absolute Gasteiger partial charge is 0.444 e. The van der Waals surface area contributed by atoms with Crippen LogP contribution in [0.25, 0.3) is 0 Å². The Morgan fingerprint density at radius 2 is 2.10 bits per heavy atom. The van der Waals surface area contributed by atoms with Gasteiger partial charge in [0.25, 0.3) is 0 Å². The number of amides is 1. The summed E-state index contributed by atoms with van der Waals surface area (Å²) in [4.78, 5) is 14.2. The molecule has 2 atom stereocenters. The van der Waals surface area contributed by atoms with Crippen LogP contribution in [0.3, 0.4) is 0 Å². The Balaban J connectivity index is 1.78. The molecule has 0 radical (unpaired) electrons. The van der Waals surface area contributed by atoms with Crippen LogP contribution in [0.5, 0.6) is 0 Å². The SMILES string of the molecule is CC(CCCC1CNCCN1C(=O)OC(C)(C)C)C1CC1. The number of hydrogen-bond acceptors (Lipinski definition) is 3. The molecular weight excluding hydrogens is 264 g/mol. The molecule has 1 heterocycles. The van der Waals surface area contributed by atoms with Crippen molar-refractivity contribution in [3.63, 3.8) is 0 Å². The lowest BCUT2D eigenvalue weighted by atomic mass is 9.96. The molecule has 0 bridgehead atoms. The molecule has 1 saturated heterocycles. The lowest BCUT2D eigenvalue weighted by molar-refractivity contribution is 0.0108. The van der Waals surface area contributed by atoms with Gasteiger partial charge in [-0.05, 0) is 51.9 Å². The van der Waals surface area contributed by atoms with Gasteiger partial charge in [-0.2, -0.15) is 0 Å². The highest BCUT2D eigenvalue weighted by molar-refractivity contribution is 5.68. The number of carbonyl (C=O) groups is 1. The van der Waals surface area contributed by atoms with Gasteiger partial charge < -0.3 is 15.0 Å². The predicted molar refractivity (Wildman–Crippen MR) is 85.3 cm³/mol. The molecule has 4 nitrogen and oxygen atoms in total. The fourth-order valence-electron chi connectivity index (χ4n) is 3.16. The monoisotopic (exact) mass is 296 g/mol. The fourth-order valence-corrected chi connectivity index (χ4v) is 3.16. The molecule has 0 spiro atoms. The number of piperazine rings is 1. The number of carbonyl (C=O) groups excluding carboxylic acids is 1. The summed E-state index contributed by atoms with van der Waals surface area (Å²) in [6.07, 6.45) is 6.30. The van der Waals surface area contributed by atoms with E-state index in [-0.39, 0.29) is 6.09 Å². The summed E-state index contributed by atoms with van der Waals surface area (Å²) in [5.41, 5.74) is -0.410. The van der Waals surface area contributed by atoms with Crippen LogP contribution in [0.2, 0.25) is 0 Å². The summed E-state index contributed by atoms with van der Waals surface area (Å²) in [5.74, 6) is 1.84. The molecule has 0 aromatic heterocycles. The van der Waals surface area contributed by atoms with Gasteiger partial charge in [-0.15, -0.1) is 0 Å². The predicted octanol–water partition coefficient (Wildman–Crippen LogP) is 3.41. The van der Waals surface area contributed by atoms with Crippen molar-refractivity contribution < 1.29 is 9.53 Å². The Morgan fingerprint density at radius 1 is 1.38 bits per heavy atom. The van der Waals surface area contributed by atoms with E-state index in [2.05, 4.69) is 12.2 Å². The van der Waals surface area contributed by atoms with Crippen molar-refractivity contribution in [2.45, 2.75) is 71.4 Å². The summed E-state index contributed by atoms with van der Waals surface area (Å²) in [6, 6.07) is 0.292. The molecule has 1 aliphatic heterocycles. The van der Waals surface area contributed by atoms with Crippen molar-refractivity contribution in [1.82, 2.24) is 10.2 Å². The smallest absolute Gasteiger partial charge is 0.410 e. The second kappa shape index (κ2) is 6.99. The van der Waals surface area contributed by atoms with Crippen molar-refractivity contribution >= 4 is 6.09 Å². The summed E-state index contributed by atoms with van der Waals surface area (Å²) in [6.45, 7) is 10.7. The average Bonchev–Trinajstić information content (AvgIpc) is 3.21. The Hall–Kier alpha value is -0.770. The maximum Gasteiger partial charge on any atom is 0.410 e. The number of hydrogen-bond donors (Lipinski definition) is 1. The van der Waals surface area contributed by atoms with Crippen LogP contribution >= 0.6 is 0 Å². The molecule has 122 valence electrons. The van der Waals surface area contributed by atoms with Crippen molar-refractivity contribution in [1.29, 1.82) is 0 Å².